The lowest BCUT2D eigenvalue weighted by Crippen LogP contribution is -2.20. The van der Waals surface area contributed by atoms with Crippen molar-refractivity contribution < 1.29 is 13.2 Å². The van der Waals surface area contributed by atoms with Gasteiger partial charge in [-0.15, -0.1) is 0 Å². The average molecular weight is 198 g/mol. The molecule has 0 saturated heterocycles. The third-order valence-electron chi connectivity index (χ3n) is 1.49. The maximum absolute atomic E-state index is 10.4. The first-order valence-electron chi connectivity index (χ1n) is 3.57. The molecule has 1 radical (unpaired) electrons. The number of carbonyl (C=O) groups excluding carboxylic acids is 1. The van der Waals surface area contributed by atoms with Crippen molar-refractivity contribution in [1.29, 1.82) is 0 Å². The molecule has 69 valence electrons. The first-order valence-corrected chi connectivity index (χ1v) is 4.75. The number of rotatable bonds is 4. The second kappa shape index (κ2) is 4.74. The first kappa shape index (κ1) is 9.88. The molecule has 0 spiro atoms. The summed E-state index contributed by atoms with van der Waals surface area (Å²) in [6, 6.07) is 7.63. The van der Waals surface area contributed by atoms with Gasteiger partial charge in [0.05, 0.1) is 0 Å². The molecule has 1 N–H and O–H groups in total. The van der Waals surface area contributed by atoms with Gasteiger partial charge in [-0.3, -0.25) is 4.79 Å². The number of hydrogen-bond acceptors (Lipinski definition) is 3. The van der Waals surface area contributed by atoms with E-state index in [1.54, 1.807) is 36.6 Å². The van der Waals surface area contributed by atoms with E-state index in [1.807, 2.05) is 0 Å². The van der Waals surface area contributed by atoms with Crippen LogP contribution in [0.5, 0.6) is 0 Å². The van der Waals surface area contributed by atoms with Gasteiger partial charge in [-0.05, 0) is 5.56 Å². The molecule has 1 aromatic carbocycles. The van der Waals surface area contributed by atoms with E-state index in [2.05, 4.69) is 4.72 Å². The van der Waals surface area contributed by atoms with Crippen LogP contribution in [0.2, 0.25) is 0 Å². The van der Waals surface area contributed by atoms with E-state index in [1.165, 1.54) is 0 Å². The zero-order valence-corrected chi connectivity index (χ0v) is 7.53. The molecule has 1 aromatic rings. The highest BCUT2D eigenvalue weighted by molar-refractivity contribution is 7.70. The smallest absolute Gasteiger partial charge is 0.222 e. The third kappa shape index (κ3) is 2.96. The Kier molecular flexibility index (Phi) is 3.60. The topological polar surface area (TPSA) is 63.2 Å². The van der Waals surface area contributed by atoms with E-state index in [9.17, 15) is 13.2 Å². The quantitative estimate of drug-likeness (QED) is 0.667. The van der Waals surface area contributed by atoms with Gasteiger partial charge < -0.3 is 0 Å². The summed E-state index contributed by atoms with van der Waals surface area (Å²) in [7, 11) is -2.78. The fourth-order valence-corrected chi connectivity index (χ4v) is 1.33. The summed E-state index contributed by atoms with van der Waals surface area (Å²) in [6.45, 7) is 0. The zero-order chi connectivity index (χ0) is 9.68. The first-order chi connectivity index (χ1) is 6.24. The lowest BCUT2D eigenvalue weighted by atomic mass is 10.1. The van der Waals surface area contributed by atoms with E-state index >= 15 is 0 Å². The fourth-order valence-electron chi connectivity index (χ4n) is 0.920. The molecule has 0 aromatic heterocycles. The minimum absolute atomic E-state index is 0.580. The normalized spacial score (nSPS) is 12.7. The Hall–Kier alpha value is -1.20. The van der Waals surface area contributed by atoms with E-state index in [-0.39, 0.29) is 0 Å². The average Bonchev–Trinajstić information content (AvgIpc) is 2.15. The molecule has 0 saturated carbocycles. The van der Waals surface area contributed by atoms with E-state index < -0.39 is 16.9 Å². The van der Waals surface area contributed by atoms with Crippen LogP contribution in [0, 0.1) is 0 Å². The van der Waals surface area contributed by atoms with Gasteiger partial charge in [0, 0.05) is 0 Å². The highest BCUT2D eigenvalue weighted by Gasteiger charge is 2.10. The van der Waals surface area contributed by atoms with Crippen molar-refractivity contribution in [2.45, 2.75) is 6.04 Å². The summed E-state index contributed by atoms with van der Waals surface area (Å²) < 4.78 is 22.7. The summed E-state index contributed by atoms with van der Waals surface area (Å²) >= 11 is 0. The summed E-state index contributed by atoms with van der Waals surface area (Å²) in [5.74, 6) is 0. The van der Waals surface area contributed by atoms with Gasteiger partial charge in [0.25, 0.3) is 0 Å². The predicted octanol–water partition coefficient (Wildman–Crippen LogP) is -0.0466. The SMILES string of the molecule is O=[C]C(N[SH](=O)=O)c1ccccc1. The van der Waals surface area contributed by atoms with Crippen LogP contribution in [0.3, 0.4) is 0 Å². The molecule has 0 aliphatic heterocycles. The van der Waals surface area contributed by atoms with Crippen molar-refractivity contribution in [3.05, 3.63) is 35.9 Å². The Labute approximate surface area is 77.7 Å². The molecule has 0 aliphatic carbocycles. The largest absolute Gasteiger partial charge is 0.289 e. The van der Waals surface area contributed by atoms with Crippen LogP contribution in [0.15, 0.2) is 30.3 Å². The van der Waals surface area contributed by atoms with E-state index in [0.29, 0.717) is 5.56 Å². The van der Waals surface area contributed by atoms with Crippen molar-refractivity contribution >= 4 is 17.2 Å². The van der Waals surface area contributed by atoms with Crippen LogP contribution in [0.25, 0.3) is 0 Å². The monoisotopic (exact) mass is 198 g/mol. The van der Waals surface area contributed by atoms with Crippen molar-refractivity contribution in [2.75, 3.05) is 0 Å². The number of nitrogens with one attached hydrogen (secondary N) is 1. The van der Waals surface area contributed by atoms with Crippen molar-refractivity contribution in [3.8, 4) is 0 Å². The summed E-state index contributed by atoms with van der Waals surface area (Å²) in [4.78, 5) is 10.4. The molecular weight excluding hydrogens is 190 g/mol. The molecule has 1 atom stereocenters. The Bertz CT molecular complexity index is 340. The summed E-state index contributed by atoms with van der Waals surface area (Å²) in [5.41, 5.74) is 0.580. The van der Waals surface area contributed by atoms with Gasteiger partial charge in [0.2, 0.25) is 17.2 Å². The predicted molar refractivity (Wildman–Crippen MR) is 48.3 cm³/mol. The van der Waals surface area contributed by atoms with Gasteiger partial charge in [-0.25, -0.2) is 13.1 Å². The van der Waals surface area contributed by atoms with Crippen molar-refractivity contribution in [3.63, 3.8) is 0 Å². The number of hydrogen-bond donors (Lipinski definition) is 2. The van der Waals surface area contributed by atoms with E-state index in [4.69, 9.17) is 0 Å². The van der Waals surface area contributed by atoms with Crippen molar-refractivity contribution in [2.24, 2.45) is 0 Å². The second-order valence-corrected chi connectivity index (χ2v) is 3.12. The molecule has 13 heavy (non-hydrogen) atoms. The van der Waals surface area contributed by atoms with Crippen LogP contribution in [0.4, 0.5) is 0 Å². The third-order valence-corrected chi connectivity index (χ3v) is 1.95. The Morgan fingerprint density at radius 1 is 1.23 bits per heavy atom. The van der Waals surface area contributed by atoms with Gasteiger partial charge in [0.15, 0.2) is 0 Å². The van der Waals surface area contributed by atoms with Crippen molar-refractivity contribution in [1.82, 2.24) is 4.72 Å². The fraction of sp³-hybridized carbons (Fsp3) is 0.125. The standard InChI is InChI=1S/C8H8NO3S/c10-6-8(9-13(11)12)7-4-2-1-3-5-7/h1-5,8,13H,(H,9,11,12). The molecule has 0 heterocycles. The van der Waals surface area contributed by atoms with Gasteiger partial charge >= 0.3 is 0 Å². The molecule has 1 unspecified atom stereocenters. The Morgan fingerprint density at radius 2 is 1.85 bits per heavy atom. The lowest BCUT2D eigenvalue weighted by Gasteiger charge is -2.05. The number of benzene rings is 1. The molecule has 0 bridgehead atoms. The molecule has 5 heteroatoms. The molecule has 1 rings (SSSR count). The van der Waals surface area contributed by atoms with Crippen LogP contribution < -0.4 is 4.72 Å². The number of thiol groups is 1. The minimum Gasteiger partial charge on any atom is -0.289 e. The highest BCUT2D eigenvalue weighted by atomic mass is 32.2. The Balaban J connectivity index is 2.84. The summed E-state index contributed by atoms with van der Waals surface area (Å²) in [6.07, 6.45) is 1.60. The second-order valence-electron chi connectivity index (χ2n) is 2.35. The zero-order valence-electron chi connectivity index (χ0n) is 6.64. The molecule has 0 fully saturated rings. The maximum Gasteiger partial charge on any atom is 0.222 e. The van der Waals surface area contributed by atoms with Crippen LogP contribution in [-0.2, 0) is 15.7 Å². The van der Waals surface area contributed by atoms with Gasteiger partial charge in [-0.2, -0.15) is 0 Å². The van der Waals surface area contributed by atoms with E-state index in [0.717, 1.165) is 0 Å². The molecular formula is C8H8NO3S. The van der Waals surface area contributed by atoms with Crippen LogP contribution in [0.1, 0.15) is 11.6 Å². The van der Waals surface area contributed by atoms with Gasteiger partial charge in [-0.1, -0.05) is 30.3 Å². The molecule has 0 aliphatic rings. The Morgan fingerprint density at radius 3 is 2.31 bits per heavy atom. The van der Waals surface area contributed by atoms with Crippen LogP contribution in [-0.4, -0.2) is 14.7 Å². The minimum atomic E-state index is -2.78. The maximum atomic E-state index is 10.4. The van der Waals surface area contributed by atoms with Crippen LogP contribution >= 0.6 is 0 Å². The molecule has 4 nitrogen and oxygen atoms in total. The van der Waals surface area contributed by atoms with Gasteiger partial charge in [0.1, 0.15) is 6.04 Å². The molecule has 0 amide bonds. The lowest BCUT2D eigenvalue weighted by molar-refractivity contribution is 0.535. The highest BCUT2D eigenvalue weighted by Crippen LogP contribution is 2.08. The summed E-state index contributed by atoms with van der Waals surface area (Å²) in [5, 5.41) is 0.